The summed E-state index contributed by atoms with van der Waals surface area (Å²) in [6.07, 6.45) is 6.60. The number of aromatic nitrogens is 1. The summed E-state index contributed by atoms with van der Waals surface area (Å²) < 4.78 is 11.3. The predicted molar refractivity (Wildman–Crippen MR) is 81.8 cm³/mol. The lowest BCUT2D eigenvalue weighted by Gasteiger charge is -2.15. The van der Waals surface area contributed by atoms with Gasteiger partial charge in [-0.25, -0.2) is 4.98 Å². The molecule has 2 aliphatic rings. The fourth-order valence-electron chi connectivity index (χ4n) is 2.54. The summed E-state index contributed by atoms with van der Waals surface area (Å²) in [5.41, 5.74) is 0. The Balaban J connectivity index is 1.68. The molecule has 0 atom stereocenters. The Hall–Kier alpha value is -1.62. The topological polar surface area (TPSA) is 43.4 Å². The molecule has 1 saturated carbocycles. The second-order valence-electron chi connectivity index (χ2n) is 5.33. The average molecular weight is 288 g/mol. The summed E-state index contributed by atoms with van der Waals surface area (Å²) in [5.74, 6) is 2.55. The highest BCUT2D eigenvalue weighted by molar-refractivity contribution is 8.00. The van der Waals surface area contributed by atoms with Crippen molar-refractivity contribution in [1.29, 1.82) is 0 Å². The standard InChI is InChI=1S/C15H16N2O2S/c1-20-15(3-4-15)8-17-14-11-7-13-12(18-9-19-13)6-10(11)2-5-16-14/h2,5-7H,3-4,8-9H2,1H3,(H,16,17). The van der Waals surface area contributed by atoms with Crippen molar-refractivity contribution in [2.24, 2.45) is 0 Å². The van der Waals surface area contributed by atoms with Gasteiger partial charge in [-0.1, -0.05) is 0 Å². The fourth-order valence-corrected chi connectivity index (χ4v) is 3.27. The van der Waals surface area contributed by atoms with Gasteiger partial charge in [0.25, 0.3) is 0 Å². The molecule has 0 amide bonds. The number of pyridine rings is 1. The van der Waals surface area contributed by atoms with Crippen LogP contribution in [0.1, 0.15) is 12.8 Å². The summed E-state index contributed by atoms with van der Waals surface area (Å²) in [6.45, 7) is 1.27. The lowest BCUT2D eigenvalue weighted by molar-refractivity contribution is 0.174. The molecule has 0 saturated heterocycles. The minimum Gasteiger partial charge on any atom is -0.454 e. The van der Waals surface area contributed by atoms with E-state index in [1.165, 1.54) is 12.8 Å². The van der Waals surface area contributed by atoms with E-state index in [0.717, 1.165) is 34.6 Å². The first-order valence-corrected chi connectivity index (χ1v) is 8.00. The number of hydrogen-bond acceptors (Lipinski definition) is 5. The molecule has 1 aliphatic carbocycles. The van der Waals surface area contributed by atoms with E-state index in [9.17, 15) is 0 Å². The van der Waals surface area contributed by atoms with E-state index in [4.69, 9.17) is 9.47 Å². The minimum atomic E-state index is 0.303. The largest absolute Gasteiger partial charge is 0.454 e. The van der Waals surface area contributed by atoms with Crippen molar-refractivity contribution < 1.29 is 9.47 Å². The van der Waals surface area contributed by atoms with Gasteiger partial charge in [0.1, 0.15) is 5.82 Å². The maximum atomic E-state index is 5.46. The van der Waals surface area contributed by atoms with E-state index in [2.05, 4.69) is 16.6 Å². The van der Waals surface area contributed by atoms with E-state index >= 15 is 0 Å². The average Bonchev–Trinajstić information content (AvgIpc) is 3.13. The molecular formula is C15H16N2O2S. The van der Waals surface area contributed by atoms with Crippen LogP contribution in [0.15, 0.2) is 24.4 Å². The van der Waals surface area contributed by atoms with Gasteiger partial charge in [-0.05, 0) is 42.7 Å². The van der Waals surface area contributed by atoms with Gasteiger partial charge < -0.3 is 14.8 Å². The van der Waals surface area contributed by atoms with E-state index in [-0.39, 0.29) is 0 Å². The highest BCUT2D eigenvalue weighted by Gasteiger charge is 2.41. The van der Waals surface area contributed by atoms with Crippen LogP contribution in [0.2, 0.25) is 0 Å². The van der Waals surface area contributed by atoms with Gasteiger partial charge >= 0.3 is 0 Å². The van der Waals surface area contributed by atoms with Crippen LogP contribution in [-0.2, 0) is 0 Å². The summed E-state index contributed by atoms with van der Waals surface area (Å²) in [5, 5.41) is 5.72. The third-order valence-electron chi connectivity index (χ3n) is 4.08. The van der Waals surface area contributed by atoms with Crippen molar-refractivity contribution in [2.75, 3.05) is 24.9 Å². The maximum Gasteiger partial charge on any atom is 0.231 e. The van der Waals surface area contributed by atoms with E-state index in [1.807, 2.05) is 36.2 Å². The minimum absolute atomic E-state index is 0.303. The molecule has 104 valence electrons. The molecule has 1 aromatic carbocycles. The number of fused-ring (bicyclic) bond motifs is 2. The van der Waals surface area contributed by atoms with Crippen molar-refractivity contribution in [3.05, 3.63) is 24.4 Å². The Morgan fingerprint density at radius 2 is 2.10 bits per heavy atom. The van der Waals surface area contributed by atoms with Crippen molar-refractivity contribution >= 4 is 28.4 Å². The molecule has 4 nitrogen and oxygen atoms in total. The highest BCUT2D eigenvalue weighted by Crippen LogP contribution is 2.47. The molecule has 0 spiro atoms. The van der Waals surface area contributed by atoms with Crippen LogP contribution < -0.4 is 14.8 Å². The normalized spacial score (nSPS) is 18.2. The predicted octanol–water partition coefficient (Wildman–Crippen LogP) is 3.27. The number of hydrogen-bond donors (Lipinski definition) is 1. The molecule has 1 N–H and O–H groups in total. The fraction of sp³-hybridized carbons (Fsp3) is 0.400. The number of rotatable bonds is 4. The molecule has 0 radical (unpaired) electrons. The van der Waals surface area contributed by atoms with Crippen molar-refractivity contribution in [3.63, 3.8) is 0 Å². The van der Waals surface area contributed by atoms with Crippen LogP contribution in [0.3, 0.4) is 0 Å². The number of ether oxygens (including phenoxy) is 2. The SMILES string of the molecule is CSC1(CNc2nccc3cc4c(cc23)OCO4)CC1. The Bertz CT molecular complexity index is 670. The quantitative estimate of drug-likeness (QED) is 0.935. The van der Waals surface area contributed by atoms with Crippen molar-refractivity contribution in [3.8, 4) is 11.5 Å². The van der Waals surface area contributed by atoms with Crippen molar-refractivity contribution in [2.45, 2.75) is 17.6 Å². The number of nitrogens with zero attached hydrogens (tertiary/aromatic N) is 1. The zero-order chi connectivity index (χ0) is 13.6. The molecule has 0 unspecified atom stereocenters. The van der Waals surface area contributed by atoms with Crippen LogP contribution >= 0.6 is 11.8 Å². The maximum absolute atomic E-state index is 5.46. The number of benzene rings is 1. The molecule has 1 fully saturated rings. The Labute approximate surface area is 121 Å². The van der Waals surface area contributed by atoms with Crippen LogP contribution in [0.25, 0.3) is 10.8 Å². The molecular weight excluding hydrogens is 272 g/mol. The lowest BCUT2D eigenvalue weighted by atomic mass is 10.1. The monoisotopic (exact) mass is 288 g/mol. The molecule has 1 aliphatic heterocycles. The second kappa shape index (κ2) is 4.45. The summed E-state index contributed by atoms with van der Waals surface area (Å²) in [7, 11) is 0. The second-order valence-corrected chi connectivity index (χ2v) is 6.60. The number of thioether (sulfide) groups is 1. The van der Waals surface area contributed by atoms with Gasteiger partial charge in [0, 0.05) is 22.9 Å². The molecule has 1 aromatic heterocycles. The molecule has 2 heterocycles. The van der Waals surface area contributed by atoms with E-state index in [1.54, 1.807) is 0 Å². The van der Waals surface area contributed by atoms with Gasteiger partial charge in [0.2, 0.25) is 6.79 Å². The molecule has 4 rings (SSSR count). The first-order chi connectivity index (χ1) is 9.80. The van der Waals surface area contributed by atoms with Crippen molar-refractivity contribution in [1.82, 2.24) is 4.98 Å². The Kier molecular flexibility index (Phi) is 2.70. The first-order valence-electron chi connectivity index (χ1n) is 6.77. The summed E-state index contributed by atoms with van der Waals surface area (Å²) >= 11 is 1.95. The zero-order valence-electron chi connectivity index (χ0n) is 11.3. The van der Waals surface area contributed by atoms with Gasteiger partial charge in [0.15, 0.2) is 11.5 Å². The van der Waals surface area contributed by atoms with Gasteiger partial charge in [-0.2, -0.15) is 11.8 Å². The van der Waals surface area contributed by atoms with Crippen LogP contribution in [0.5, 0.6) is 11.5 Å². The third-order valence-corrected chi connectivity index (χ3v) is 5.49. The van der Waals surface area contributed by atoms with E-state index in [0.29, 0.717) is 11.5 Å². The summed E-state index contributed by atoms with van der Waals surface area (Å²) in [6, 6.07) is 6.04. The lowest BCUT2D eigenvalue weighted by Crippen LogP contribution is -2.18. The number of anilines is 1. The first kappa shape index (κ1) is 12.1. The molecule has 5 heteroatoms. The number of nitrogens with one attached hydrogen (secondary N) is 1. The van der Waals surface area contributed by atoms with Gasteiger partial charge in [0.05, 0.1) is 0 Å². The van der Waals surface area contributed by atoms with E-state index < -0.39 is 0 Å². The zero-order valence-corrected chi connectivity index (χ0v) is 12.1. The molecule has 20 heavy (non-hydrogen) atoms. The van der Waals surface area contributed by atoms with Gasteiger partial charge in [-0.15, -0.1) is 0 Å². The summed E-state index contributed by atoms with van der Waals surface area (Å²) in [4.78, 5) is 4.48. The molecule has 0 bridgehead atoms. The third kappa shape index (κ3) is 1.97. The Morgan fingerprint density at radius 1 is 1.30 bits per heavy atom. The highest BCUT2D eigenvalue weighted by atomic mass is 32.2. The smallest absolute Gasteiger partial charge is 0.231 e. The Morgan fingerprint density at radius 3 is 2.85 bits per heavy atom. The van der Waals surface area contributed by atoms with Crippen LogP contribution in [0.4, 0.5) is 5.82 Å². The molecule has 2 aromatic rings. The van der Waals surface area contributed by atoms with Gasteiger partial charge in [-0.3, -0.25) is 0 Å². The van der Waals surface area contributed by atoms with Crippen LogP contribution in [0, 0.1) is 0 Å². The van der Waals surface area contributed by atoms with Crippen LogP contribution in [-0.4, -0.2) is 29.3 Å².